The van der Waals surface area contributed by atoms with E-state index < -0.39 is 0 Å². The molecule has 0 aliphatic carbocycles. The van der Waals surface area contributed by atoms with Crippen LogP contribution in [0.15, 0.2) is 51.8 Å². The van der Waals surface area contributed by atoms with Gasteiger partial charge in [-0.1, -0.05) is 22.0 Å². The summed E-state index contributed by atoms with van der Waals surface area (Å²) >= 11 is 5.28. The first kappa shape index (κ1) is 14.4. The summed E-state index contributed by atoms with van der Waals surface area (Å²) in [6.45, 7) is 0.837. The van der Waals surface area contributed by atoms with Crippen LogP contribution in [0.3, 0.4) is 0 Å². The number of benzene rings is 2. The van der Waals surface area contributed by atoms with Crippen LogP contribution in [0.1, 0.15) is 5.56 Å². The maximum Gasteiger partial charge on any atom is 0.128 e. The number of hydrogen-bond acceptors (Lipinski definition) is 3. The van der Waals surface area contributed by atoms with E-state index in [0.717, 1.165) is 22.5 Å². The lowest BCUT2D eigenvalue weighted by atomic mass is 10.2. The van der Waals surface area contributed by atoms with Crippen LogP contribution in [0.2, 0.25) is 0 Å². The predicted molar refractivity (Wildman–Crippen MR) is 85.2 cm³/mol. The molecule has 2 aromatic rings. The van der Waals surface area contributed by atoms with Crippen molar-refractivity contribution in [3.8, 4) is 11.5 Å². The standard InChI is InChI=1S/C15H16BrNOS/c1-17-10-11-3-4-13(9-15(11)16)18-12-5-7-14(19-2)8-6-12/h3-9,17H,10H2,1-2H3. The lowest BCUT2D eigenvalue weighted by Gasteiger charge is -2.09. The molecule has 0 spiro atoms. The summed E-state index contributed by atoms with van der Waals surface area (Å²) in [5.74, 6) is 1.69. The zero-order chi connectivity index (χ0) is 13.7. The maximum absolute atomic E-state index is 5.83. The zero-order valence-corrected chi connectivity index (χ0v) is 13.3. The summed E-state index contributed by atoms with van der Waals surface area (Å²) in [6, 6.07) is 14.1. The van der Waals surface area contributed by atoms with Crippen LogP contribution in [0, 0.1) is 0 Å². The molecule has 19 heavy (non-hydrogen) atoms. The van der Waals surface area contributed by atoms with E-state index in [-0.39, 0.29) is 0 Å². The molecule has 0 unspecified atom stereocenters. The third-order valence-electron chi connectivity index (χ3n) is 2.69. The van der Waals surface area contributed by atoms with Gasteiger partial charge in [-0.15, -0.1) is 11.8 Å². The third-order valence-corrected chi connectivity index (χ3v) is 4.17. The second-order valence-electron chi connectivity index (χ2n) is 4.06. The molecule has 0 atom stereocenters. The fraction of sp³-hybridized carbons (Fsp3) is 0.200. The van der Waals surface area contributed by atoms with Crippen LogP contribution >= 0.6 is 27.7 Å². The number of thioether (sulfide) groups is 1. The smallest absolute Gasteiger partial charge is 0.128 e. The number of hydrogen-bond donors (Lipinski definition) is 1. The largest absolute Gasteiger partial charge is 0.457 e. The van der Waals surface area contributed by atoms with E-state index in [1.54, 1.807) is 11.8 Å². The fourth-order valence-corrected chi connectivity index (χ4v) is 2.61. The van der Waals surface area contributed by atoms with Crippen molar-refractivity contribution in [2.45, 2.75) is 11.4 Å². The molecule has 2 nitrogen and oxygen atoms in total. The molecule has 0 heterocycles. The summed E-state index contributed by atoms with van der Waals surface area (Å²) < 4.78 is 6.89. The van der Waals surface area contributed by atoms with Gasteiger partial charge in [-0.25, -0.2) is 0 Å². The molecule has 4 heteroatoms. The Kier molecular flexibility index (Phi) is 5.31. The van der Waals surface area contributed by atoms with Crippen LogP contribution in [0.5, 0.6) is 11.5 Å². The first-order valence-electron chi connectivity index (χ1n) is 5.98. The minimum Gasteiger partial charge on any atom is -0.457 e. The number of rotatable bonds is 5. The van der Waals surface area contributed by atoms with Gasteiger partial charge in [-0.3, -0.25) is 0 Å². The highest BCUT2D eigenvalue weighted by Gasteiger charge is 2.03. The molecule has 0 bridgehead atoms. The van der Waals surface area contributed by atoms with Crippen molar-refractivity contribution >= 4 is 27.7 Å². The van der Waals surface area contributed by atoms with Crippen LogP contribution < -0.4 is 10.1 Å². The van der Waals surface area contributed by atoms with Gasteiger partial charge in [0.25, 0.3) is 0 Å². The Morgan fingerprint density at radius 3 is 2.37 bits per heavy atom. The second-order valence-corrected chi connectivity index (χ2v) is 5.80. The number of ether oxygens (including phenoxy) is 1. The average molecular weight is 338 g/mol. The molecular formula is C15H16BrNOS. The minimum absolute atomic E-state index is 0.837. The maximum atomic E-state index is 5.83. The van der Waals surface area contributed by atoms with Crippen molar-refractivity contribution < 1.29 is 4.74 Å². The first-order chi connectivity index (χ1) is 9.22. The summed E-state index contributed by atoms with van der Waals surface area (Å²) in [5.41, 5.74) is 1.22. The van der Waals surface area contributed by atoms with Gasteiger partial charge < -0.3 is 10.1 Å². The van der Waals surface area contributed by atoms with Gasteiger partial charge in [0.05, 0.1) is 0 Å². The Morgan fingerprint density at radius 1 is 1.11 bits per heavy atom. The third kappa shape index (κ3) is 4.00. The van der Waals surface area contributed by atoms with Crippen molar-refractivity contribution in [1.82, 2.24) is 5.32 Å². The van der Waals surface area contributed by atoms with Crippen molar-refractivity contribution in [2.75, 3.05) is 13.3 Å². The molecule has 0 saturated heterocycles. The molecule has 0 fully saturated rings. The van der Waals surface area contributed by atoms with Crippen molar-refractivity contribution in [3.63, 3.8) is 0 Å². The van der Waals surface area contributed by atoms with Crippen LogP contribution in [0.25, 0.3) is 0 Å². The molecule has 0 aromatic heterocycles. The van der Waals surface area contributed by atoms with E-state index in [9.17, 15) is 0 Å². The van der Waals surface area contributed by atoms with Gasteiger partial charge in [0.2, 0.25) is 0 Å². The van der Waals surface area contributed by atoms with E-state index in [1.165, 1.54) is 10.5 Å². The van der Waals surface area contributed by atoms with Crippen LogP contribution in [-0.4, -0.2) is 13.3 Å². The van der Waals surface area contributed by atoms with Gasteiger partial charge in [-0.2, -0.15) is 0 Å². The highest BCUT2D eigenvalue weighted by atomic mass is 79.9. The van der Waals surface area contributed by atoms with Crippen molar-refractivity contribution in [3.05, 3.63) is 52.5 Å². The summed E-state index contributed by atoms with van der Waals surface area (Å²) in [6.07, 6.45) is 2.06. The van der Waals surface area contributed by atoms with Gasteiger partial charge in [0.1, 0.15) is 11.5 Å². The minimum atomic E-state index is 0.837. The van der Waals surface area contributed by atoms with Gasteiger partial charge >= 0.3 is 0 Å². The van der Waals surface area contributed by atoms with E-state index >= 15 is 0 Å². The lowest BCUT2D eigenvalue weighted by Crippen LogP contribution is -2.05. The van der Waals surface area contributed by atoms with E-state index in [2.05, 4.69) is 45.7 Å². The topological polar surface area (TPSA) is 21.3 Å². The summed E-state index contributed by atoms with van der Waals surface area (Å²) in [5, 5.41) is 3.13. The zero-order valence-electron chi connectivity index (χ0n) is 10.9. The number of nitrogens with one attached hydrogen (secondary N) is 1. The van der Waals surface area contributed by atoms with Crippen LogP contribution in [0.4, 0.5) is 0 Å². The van der Waals surface area contributed by atoms with Crippen molar-refractivity contribution in [1.29, 1.82) is 0 Å². The Hall–Kier alpha value is -0.970. The van der Waals surface area contributed by atoms with Gasteiger partial charge in [0.15, 0.2) is 0 Å². The molecule has 2 rings (SSSR count). The predicted octanol–water partition coefficient (Wildman–Crippen LogP) is 4.68. The Labute approximate surface area is 126 Å². The normalized spacial score (nSPS) is 10.5. The molecule has 100 valence electrons. The first-order valence-corrected chi connectivity index (χ1v) is 7.99. The molecule has 0 saturated carbocycles. The highest BCUT2D eigenvalue weighted by Crippen LogP contribution is 2.28. The molecule has 0 radical (unpaired) electrons. The Bertz CT molecular complexity index is 542. The van der Waals surface area contributed by atoms with E-state index in [1.807, 2.05) is 31.3 Å². The molecule has 1 N–H and O–H groups in total. The lowest BCUT2D eigenvalue weighted by molar-refractivity contribution is 0.481. The molecule has 0 aliphatic rings. The Balaban J connectivity index is 2.11. The molecular weight excluding hydrogens is 322 g/mol. The number of halogens is 1. The summed E-state index contributed by atoms with van der Waals surface area (Å²) in [4.78, 5) is 1.23. The summed E-state index contributed by atoms with van der Waals surface area (Å²) in [7, 11) is 1.93. The monoisotopic (exact) mass is 337 g/mol. The molecule has 0 amide bonds. The Morgan fingerprint density at radius 2 is 1.79 bits per heavy atom. The van der Waals surface area contributed by atoms with Gasteiger partial charge in [0, 0.05) is 15.9 Å². The highest BCUT2D eigenvalue weighted by molar-refractivity contribution is 9.10. The second kappa shape index (κ2) is 6.98. The SMILES string of the molecule is CNCc1ccc(Oc2ccc(SC)cc2)cc1Br. The van der Waals surface area contributed by atoms with Crippen molar-refractivity contribution in [2.24, 2.45) is 0 Å². The quantitative estimate of drug-likeness (QED) is 0.800. The van der Waals surface area contributed by atoms with Gasteiger partial charge in [-0.05, 0) is 55.3 Å². The van der Waals surface area contributed by atoms with E-state index in [4.69, 9.17) is 4.74 Å². The molecule has 0 aliphatic heterocycles. The van der Waals surface area contributed by atoms with Crippen LogP contribution in [-0.2, 0) is 6.54 Å². The van der Waals surface area contributed by atoms with E-state index in [0.29, 0.717) is 0 Å². The fourth-order valence-electron chi connectivity index (χ4n) is 1.71. The molecule has 2 aromatic carbocycles. The average Bonchev–Trinajstić information content (AvgIpc) is 2.43.